The first-order chi connectivity index (χ1) is 11.5. The highest BCUT2D eigenvalue weighted by atomic mass is 16.5. The van der Waals surface area contributed by atoms with Gasteiger partial charge in [0.25, 0.3) is 0 Å². The predicted octanol–water partition coefficient (Wildman–Crippen LogP) is 1.58. The number of methoxy groups -OCH3 is 2. The zero-order valence-electron chi connectivity index (χ0n) is 15.1. The summed E-state index contributed by atoms with van der Waals surface area (Å²) >= 11 is 0. The van der Waals surface area contributed by atoms with Gasteiger partial charge in [0.15, 0.2) is 0 Å². The maximum Gasteiger partial charge on any atom is 0.307 e. The Morgan fingerprint density at radius 2 is 1.67 bits per heavy atom. The Kier molecular flexibility index (Phi) is 8.86. The Hall–Kier alpha value is -2.08. The van der Waals surface area contributed by atoms with E-state index in [2.05, 4.69) is 9.64 Å². The Morgan fingerprint density at radius 3 is 2.21 bits per heavy atom. The zero-order valence-corrected chi connectivity index (χ0v) is 15.1. The number of carbonyl (C=O) groups is 2. The molecule has 6 heteroatoms. The number of ether oxygens (including phenoxy) is 2. The lowest BCUT2D eigenvalue weighted by atomic mass is 10.1. The summed E-state index contributed by atoms with van der Waals surface area (Å²) in [5.41, 5.74) is 0.927. The van der Waals surface area contributed by atoms with Gasteiger partial charge in [-0.05, 0) is 44.8 Å². The van der Waals surface area contributed by atoms with Gasteiger partial charge in [-0.3, -0.25) is 9.59 Å². The van der Waals surface area contributed by atoms with E-state index in [1.165, 1.54) is 7.11 Å². The molecule has 0 fully saturated rings. The van der Waals surface area contributed by atoms with E-state index in [-0.39, 0.29) is 18.3 Å². The molecule has 1 aromatic carbocycles. The summed E-state index contributed by atoms with van der Waals surface area (Å²) in [4.78, 5) is 27.8. The number of carbonyl (C=O) groups excluding carboxylic acids is 2. The molecular weight excluding hydrogens is 308 g/mol. The van der Waals surface area contributed by atoms with Crippen LogP contribution in [-0.2, 0) is 20.7 Å². The number of benzene rings is 1. The van der Waals surface area contributed by atoms with Crippen LogP contribution >= 0.6 is 0 Å². The number of hydrogen-bond acceptors (Lipinski definition) is 5. The van der Waals surface area contributed by atoms with Crippen LogP contribution in [0.25, 0.3) is 0 Å². The summed E-state index contributed by atoms with van der Waals surface area (Å²) in [5.74, 6) is 0.479. The van der Waals surface area contributed by atoms with E-state index in [1.807, 2.05) is 38.4 Å². The summed E-state index contributed by atoms with van der Waals surface area (Å²) in [6.45, 7) is 1.91. The number of amides is 1. The summed E-state index contributed by atoms with van der Waals surface area (Å²) in [5, 5.41) is 0. The van der Waals surface area contributed by atoms with E-state index >= 15 is 0 Å². The third kappa shape index (κ3) is 7.46. The fourth-order valence-electron chi connectivity index (χ4n) is 2.30. The Labute approximate surface area is 144 Å². The van der Waals surface area contributed by atoms with Crippen LogP contribution in [0.1, 0.15) is 18.4 Å². The number of nitrogens with zero attached hydrogens (tertiary/aromatic N) is 2. The molecule has 0 unspecified atom stereocenters. The van der Waals surface area contributed by atoms with Gasteiger partial charge in [-0.25, -0.2) is 0 Å². The van der Waals surface area contributed by atoms with Crippen LogP contribution in [0.2, 0.25) is 0 Å². The lowest BCUT2D eigenvalue weighted by Crippen LogP contribution is -2.36. The van der Waals surface area contributed by atoms with Gasteiger partial charge in [0.05, 0.1) is 27.1 Å². The molecule has 0 aliphatic rings. The van der Waals surface area contributed by atoms with E-state index in [9.17, 15) is 9.59 Å². The lowest BCUT2D eigenvalue weighted by Gasteiger charge is -2.23. The molecule has 1 rings (SSSR count). The molecule has 24 heavy (non-hydrogen) atoms. The SMILES string of the molecule is COC(=O)CCN(CCCN(C)C)C(=O)Cc1ccc(OC)cc1. The lowest BCUT2D eigenvalue weighted by molar-refractivity contribution is -0.141. The van der Waals surface area contributed by atoms with Crippen molar-refractivity contribution < 1.29 is 19.1 Å². The monoisotopic (exact) mass is 336 g/mol. The quantitative estimate of drug-likeness (QED) is 0.607. The predicted molar refractivity (Wildman–Crippen MR) is 93.1 cm³/mol. The Balaban J connectivity index is 2.63. The minimum Gasteiger partial charge on any atom is -0.497 e. The van der Waals surface area contributed by atoms with Gasteiger partial charge in [-0.1, -0.05) is 12.1 Å². The summed E-state index contributed by atoms with van der Waals surface area (Å²) < 4.78 is 9.79. The maximum absolute atomic E-state index is 12.6. The van der Waals surface area contributed by atoms with Crippen LogP contribution in [0.4, 0.5) is 0 Å². The summed E-state index contributed by atoms with van der Waals surface area (Å²) in [6, 6.07) is 7.45. The number of rotatable bonds is 10. The molecule has 6 nitrogen and oxygen atoms in total. The molecule has 0 bridgehead atoms. The van der Waals surface area contributed by atoms with Gasteiger partial charge < -0.3 is 19.3 Å². The summed E-state index contributed by atoms with van der Waals surface area (Å²) in [7, 11) is 6.97. The average Bonchev–Trinajstić information content (AvgIpc) is 2.57. The van der Waals surface area contributed by atoms with Gasteiger partial charge in [0.2, 0.25) is 5.91 Å². The van der Waals surface area contributed by atoms with Crippen molar-refractivity contribution in [3.8, 4) is 5.75 Å². The van der Waals surface area contributed by atoms with Gasteiger partial charge in [0.1, 0.15) is 5.75 Å². The highest BCUT2D eigenvalue weighted by molar-refractivity contribution is 5.79. The molecule has 0 aliphatic heterocycles. The van der Waals surface area contributed by atoms with E-state index in [4.69, 9.17) is 4.74 Å². The second-order valence-electron chi connectivity index (χ2n) is 5.89. The van der Waals surface area contributed by atoms with Crippen molar-refractivity contribution in [2.45, 2.75) is 19.3 Å². The van der Waals surface area contributed by atoms with E-state index in [0.717, 1.165) is 24.3 Å². The minimum atomic E-state index is -0.301. The zero-order chi connectivity index (χ0) is 17.9. The highest BCUT2D eigenvalue weighted by Crippen LogP contribution is 2.13. The van der Waals surface area contributed by atoms with Crippen molar-refractivity contribution in [3.63, 3.8) is 0 Å². The third-order valence-electron chi connectivity index (χ3n) is 3.71. The molecule has 0 N–H and O–H groups in total. The average molecular weight is 336 g/mol. The first-order valence-electron chi connectivity index (χ1n) is 8.08. The molecule has 0 saturated carbocycles. The summed E-state index contributed by atoms with van der Waals surface area (Å²) in [6.07, 6.45) is 1.39. The molecule has 0 aliphatic carbocycles. The Bertz CT molecular complexity index is 514. The minimum absolute atomic E-state index is 0.0165. The fraction of sp³-hybridized carbons (Fsp3) is 0.556. The van der Waals surface area contributed by atoms with Crippen molar-refractivity contribution in [1.29, 1.82) is 0 Å². The van der Waals surface area contributed by atoms with E-state index < -0.39 is 0 Å². The number of esters is 1. The normalized spacial score (nSPS) is 10.5. The van der Waals surface area contributed by atoms with Crippen LogP contribution in [0.3, 0.4) is 0 Å². The van der Waals surface area contributed by atoms with E-state index in [1.54, 1.807) is 12.0 Å². The number of hydrogen-bond donors (Lipinski definition) is 0. The van der Waals surface area contributed by atoms with Gasteiger partial charge >= 0.3 is 5.97 Å². The topological polar surface area (TPSA) is 59.1 Å². The smallest absolute Gasteiger partial charge is 0.307 e. The van der Waals surface area contributed by atoms with Gasteiger partial charge in [-0.15, -0.1) is 0 Å². The van der Waals surface area contributed by atoms with Crippen molar-refractivity contribution >= 4 is 11.9 Å². The van der Waals surface area contributed by atoms with Crippen LogP contribution in [0.15, 0.2) is 24.3 Å². The molecule has 134 valence electrons. The molecule has 0 radical (unpaired) electrons. The van der Waals surface area contributed by atoms with Crippen LogP contribution < -0.4 is 4.74 Å². The third-order valence-corrected chi connectivity index (χ3v) is 3.71. The molecule has 0 heterocycles. The second-order valence-corrected chi connectivity index (χ2v) is 5.89. The molecule has 1 aromatic rings. The second kappa shape index (κ2) is 10.6. The first kappa shape index (κ1) is 20.0. The van der Waals surface area contributed by atoms with Gasteiger partial charge in [-0.2, -0.15) is 0 Å². The standard InChI is InChI=1S/C18H28N2O4/c1-19(2)11-5-12-20(13-10-18(22)24-4)17(21)14-15-6-8-16(23-3)9-7-15/h6-9H,5,10-14H2,1-4H3. The van der Waals surface area contributed by atoms with Crippen LogP contribution in [-0.4, -0.2) is 69.6 Å². The first-order valence-corrected chi connectivity index (χ1v) is 8.08. The molecule has 0 aromatic heterocycles. The van der Waals surface area contributed by atoms with Crippen molar-refractivity contribution in [3.05, 3.63) is 29.8 Å². The highest BCUT2D eigenvalue weighted by Gasteiger charge is 2.15. The molecule has 0 spiro atoms. The molecular formula is C18H28N2O4. The Morgan fingerprint density at radius 1 is 1.00 bits per heavy atom. The molecule has 0 atom stereocenters. The van der Waals surface area contributed by atoms with Crippen LogP contribution in [0.5, 0.6) is 5.75 Å². The maximum atomic E-state index is 12.6. The largest absolute Gasteiger partial charge is 0.497 e. The van der Waals surface area contributed by atoms with Crippen molar-refractivity contribution in [1.82, 2.24) is 9.80 Å². The molecule has 0 saturated heterocycles. The fourth-order valence-corrected chi connectivity index (χ4v) is 2.30. The van der Waals surface area contributed by atoms with Crippen molar-refractivity contribution in [2.75, 3.05) is 47.9 Å². The molecule has 1 amide bonds. The van der Waals surface area contributed by atoms with Gasteiger partial charge in [0, 0.05) is 13.1 Å². The van der Waals surface area contributed by atoms with Crippen molar-refractivity contribution in [2.24, 2.45) is 0 Å². The van der Waals surface area contributed by atoms with Crippen LogP contribution in [0, 0.1) is 0 Å². The van der Waals surface area contributed by atoms with E-state index in [0.29, 0.717) is 19.5 Å².